The summed E-state index contributed by atoms with van der Waals surface area (Å²) in [6, 6.07) is 13.3. The molecule has 4 heteroatoms. The van der Waals surface area contributed by atoms with Crippen molar-refractivity contribution in [2.45, 2.75) is 13.8 Å². The number of rotatable bonds is 4. The molecule has 0 aliphatic carbocycles. The average Bonchev–Trinajstić information content (AvgIpc) is 2.38. The Balaban J connectivity index is 1.90. The van der Waals surface area contributed by atoms with E-state index in [-0.39, 0.29) is 12.5 Å². The fraction of sp³-hybridized carbons (Fsp3) is 0.188. The summed E-state index contributed by atoms with van der Waals surface area (Å²) in [5.74, 6) is 0.542. The summed E-state index contributed by atoms with van der Waals surface area (Å²) in [5, 5.41) is 2.78. The van der Waals surface area contributed by atoms with Crippen molar-refractivity contribution in [2.75, 3.05) is 11.9 Å². The van der Waals surface area contributed by atoms with Crippen molar-refractivity contribution < 1.29 is 9.53 Å². The lowest BCUT2D eigenvalue weighted by molar-refractivity contribution is -0.118. The third-order valence-electron chi connectivity index (χ3n) is 2.69. The molecule has 0 spiro atoms. The zero-order valence-electron chi connectivity index (χ0n) is 11.4. The first-order chi connectivity index (χ1) is 9.52. The smallest absolute Gasteiger partial charge is 0.262 e. The van der Waals surface area contributed by atoms with Crippen molar-refractivity contribution in [3.8, 4) is 5.75 Å². The molecule has 3 nitrogen and oxygen atoms in total. The van der Waals surface area contributed by atoms with Gasteiger partial charge in [0, 0.05) is 10.2 Å². The Bertz CT molecular complexity index is 588. The molecule has 20 heavy (non-hydrogen) atoms. The number of hydrogen-bond acceptors (Lipinski definition) is 2. The van der Waals surface area contributed by atoms with E-state index in [0.29, 0.717) is 5.75 Å². The second kappa shape index (κ2) is 6.57. The van der Waals surface area contributed by atoms with Crippen LogP contribution in [0.1, 0.15) is 11.1 Å². The number of benzene rings is 2. The highest BCUT2D eigenvalue weighted by molar-refractivity contribution is 9.10. The Kier molecular flexibility index (Phi) is 4.79. The maximum Gasteiger partial charge on any atom is 0.262 e. The minimum atomic E-state index is -0.175. The predicted molar refractivity (Wildman–Crippen MR) is 84.2 cm³/mol. The molecule has 0 bridgehead atoms. The second-order valence-electron chi connectivity index (χ2n) is 4.67. The zero-order valence-corrected chi connectivity index (χ0v) is 13.0. The number of aryl methyl sites for hydroxylation is 2. The van der Waals surface area contributed by atoms with Gasteiger partial charge in [0.1, 0.15) is 5.75 Å². The second-order valence-corrected chi connectivity index (χ2v) is 5.58. The minimum Gasteiger partial charge on any atom is -0.484 e. The molecule has 104 valence electrons. The molecule has 0 radical (unpaired) electrons. The first-order valence-corrected chi connectivity index (χ1v) is 7.09. The van der Waals surface area contributed by atoms with Gasteiger partial charge < -0.3 is 10.1 Å². The molecule has 2 aromatic carbocycles. The highest BCUT2D eigenvalue weighted by Gasteiger charge is 2.04. The lowest BCUT2D eigenvalue weighted by Gasteiger charge is -2.09. The van der Waals surface area contributed by atoms with Crippen LogP contribution in [0.15, 0.2) is 46.9 Å². The summed E-state index contributed by atoms with van der Waals surface area (Å²) in [5.41, 5.74) is 2.99. The van der Waals surface area contributed by atoms with E-state index in [9.17, 15) is 4.79 Å². The Labute approximate surface area is 127 Å². The number of ether oxygens (including phenoxy) is 1. The average molecular weight is 334 g/mol. The van der Waals surface area contributed by atoms with Crippen molar-refractivity contribution >= 4 is 27.5 Å². The summed E-state index contributed by atoms with van der Waals surface area (Å²) >= 11 is 3.35. The molecular formula is C16H16BrNO2. The van der Waals surface area contributed by atoms with Gasteiger partial charge in [-0.25, -0.2) is 0 Å². The molecule has 0 heterocycles. The predicted octanol–water partition coefficient (Wildman–Crippen LogP) is 4.08. The van der Waals surface area contributed by atoms with Gasteiger partial charge in [-0.3, -0.25) is 4.79 Å². The molecule has 0 saturated carbocycles. The molecule has 0 atom stereocenters. The molecule has 0 aliphatic rings. The first kappa shape index (κ1) is 14.6. The number of anilines is 1. The van der Waals surface area contributed by atoms with Crippen LogP contribution in [0.2, 0.25) is 0 Å². The van der Waals surface area contributed by atoms with Gasteiger partial charge in [0.25, 0.3) is 5.91 Å². The number of carbonyl (C=O) groups is 1. The lowest BCUT2D eigenvalue weighted by atomic mass is 10.1. The standard InChI is InChI=1S/C16H16BrNO2/c1-11-7-12(2)9-15(8-11)20-10-16(19)18-14-5-3-13(17)4-6-14/h3-9H,10H2,1-2H3,(H,18,19). The SMILES string of the molecule is Cc1cc(C)cc(OCC(=O)Nc2ccc(Br)cc2)c1. The van der Waals surface area contributed by atoms with Crippen LogP contribution in [0.5, 0.6) is 5.75 Å². The third kappa shape index (κ3) is 4.38. The normalized spacial score (nSPS) is 10.2. The largest absolute Gasteiger partial charge is 0.484 e. The third-order valence-corrected chi connectivity index (χ3v) is 3.22. The number of hydrogen-bond donors (Lipinski definition) is 1. The van der Waals surface area contributed by atoms with Crippen LogP contribution in [0.4, 0.5) is 5.69 Å². The molecule has 2 rings (SSSR count). The summed E-state index contributed by atoms with van der Waals surface area (Å²) in [6.45, 7) is 4.00. The van der Waals surface area contributed by atoms with E-state index in [1.165, 1.54) is 0 Å². The van der Waals surface area contributed by atoms with Crippen molar-refractivity contribution in [2.24, 2.45) is 0 Å². The highest BCUT2D eigenvalue weighted by atomic mass is 79.9. The fourth-order valence-corrected chi connectivity index (χ4v) is 2.16. The van der Waals surface area contributed by atoms with Crippen molar-refractivity contribution in [3.05, 3.63) is 58.1 Å². The van der Waals surface area contributed by atoms with E-state index < -0.39 is 0 Å². The van der Waals surface area contributed by atoms with Gasteiger partial charge in [0.15, 0.2) is 6.61 Å². The molecule has 0 fully saturated rings. The van der Waals surface area contributed by atoms with E-state index in [0.717, 1.165) is 21.3 Å². The number of amides is 1. The van der Waals surface area contributed by atoms with Crippen LogP contribution in [0.3, 0.4) is 0 Å². The van der Waals surface area contributed by atoms with Crippen LogP contribution >= 0.6 is 15.9 Å². The van der Waals surface area contributed by atoms with Crippen LogP contribution in [-0.4, -0.2) is 12.5 Å². The van der Waals surface area contributed by atoms with Crippen LogP contribution < -0.4 is 10.1 Å². The Morgan fingerprint density at radius 1 is 1.10 bits per heavy atom. The van der Waals surface area contributed by atoms with Gasteiger partial charge in [0.05, 0.1) is 0 Å². The van der Waals surface area contributed by atoms with Gasteiger partial charge in [-0.2, -0.15) is 0 Å². The summed E-state index contributed by atoms with van der Waals surface area (Å²) < 4.78 is 6.48. The lowest BCUT2D eigenvalue weighted by Crippen LogP contribution is -2.20. The monoisotopic (exact) mass is 333 g/mol. The molecular weight excluding hydrogens is 318 g/mol. The Morgan fingerprint density at radius 2 is 1.70 bits per heavy atom. The van der Waals surface area contributed by atoms with Gasteiger partial charge in [-0.05, 0) is 61.4 Å². The maximum atomic E-state index is 11.8. The van der Waals surface area contributed by atoms with Crippen LogP contribution in [0, 0.1) is 13.8 Å². The molecule has 0 unspecified atom stereocenters. The molecule has 0 aromatic heterocycles. The van der Waals surface area contributed by atoms with Crippen molar-refractivity contribution in [3.63, 3.8) is 0 Å². The van der Waals surface area contributed by atoms with Crippen molar-refractivity contribution in [1.29, 1.82) is 0 Å². The van der Waals surface area contributed by atoms with Gasteiger partial charge in [-0.15, -0.1) is 0 Å². The molecule has 1 amide bonds. The topological polar surface area (TPSA) is 38.3 Å². The first-order valence-electron chi connectivity index (χ1n) is 6.29. The van der Waals surface area contributed by atoms with Gasteiger partial charge >= 0.3 is 0 Å². The summed E-state index contributed by atoms with van der Waals surface area (Å²) in [4.78, 5) is 11.8. The Morgan fingerprint density at radius 3 is 2.30 bits per heavy atom. The highest BCUT2D eigenvalue weighted by Crippen LogP contribution is 2.17. The molecule has 2 aromatic rings. The van der Waals surface area contributed by atoms with Crippen LogP contribution in [0.25, 0.3) is 0 Å². The molecule has 0 aliphatic heterocycles. The van der Waals surface area contributed by atoms with E-state index in [2.05, 4.69) is 27.3 Å². The molecule has 0 saturated heterocycles. The molecule has 1 N–H and O–H groups in total. The number of nitrogens with one attached hydrogen (secondary N) is 1. The Hall–Kier alpha value is -1.81. The van der Waals surface area contributed by atoms with E-state index in [1.807, 2.05) is 50.2 Å². The van der Waals surface area contributed by atoms with E-state index in [4.69, 9.17) is 4.74 Å². The van der Waals surface area contributed by atoms with Crippen molar-refractivity contribution in [1.82, 2.24) is 0 Å². The minimum absolute atomic E-state index is 0.00103. The van der Waals surface area contributed by atoms with Crippen LogP contribution in [-0.2, 0) is 4.79 Å². The van der Waals surface area contributed by atoms with E-state index >= 15 is 0 Å². The maximum absolute atomic E-state index is 11.8. The summed E-state index contributed by atoms with van der Waals surface area (Å²) in [6.07, 6.45) is 0. The zero-order chi connectivity index (χ0) is 14.5. The number of halogens is 1. The van der Waals surface area contributed by atoms with E-state index in [1.54, 1.807) is 0 Å². The van der Waals surface area contributed by atoms with Gasteiger partial charge in [0.2, 0.25) is 0 Å². The summed E-state index contributed by atoms with van der Waals surface area (Å²) in [7, 11) is 0. The quantitative estimate of drug-likeness (QED) is 0.915. The fourth-order valence-electron chi connectivity index (χ4n) is 1.90. The van der Waals surface area contributed by atoms with Gasteiger partial charge in [-0.1, -0.05) is 22.0 Å². The number of carbonyl (C=O) groups excluding carboxylic acids is 1.